The highest BCUT2D eigenvalue weighted by Gasteiger charge is 2.30. The summed E-state index contributed by atoms with van der Waals surface area (Å²) in [7, 11) is 3.35. The Morgan fingerprint density at radius 1 is 1.04 bits per heavy atom. The maximum absolute atomic E-state index is 10.7. The molecule has 3 N–H and O–H groups in total. The molecule has 27 heavy (non-hydrogen) atoms. The van der Waals surface area contributed by atoms with E-state index in [1.165, 1.54) is 10.9 Å². The average Bonchev–Trinajstić information content (AvgIpc) is 3.11. The lowest BCUT2D eigenvalue weighted by Crippen LogP contribution is -2.46. The summed E-state index contributed by atoms with van der Waals surface area (Å²) < 4.78 is 11.0. The molecule has 2 atom stereocenters. The fourth-order valence-corrected chi connectivity index (χ4v) is 4.13. The quantitative estimate of drug-likeness (QED) is 0.628. The third-order valence-corrected chi connectivity index (χ3v) is 5.56. The largest absolute Gasteiger partial charge is 0.496 e. The molecule has 0 radical (unpaired) electrons. The van der Waals surface area contributed by atoms with Gasteiger partial charge < -0.3 is 24.9 Å². The molecular weight excluding hydrogens is 340 g/mol. The van der Waals surface area contributed by atoms with Crippen molar-refractivity contribution in [2.45, 2.75) is 31.4 Å². The number of hydrogen-bond donors (Lipinski definition) is 3. The van der Waals surface area contributed by atoms with Gasteiger partial charge in [0.15, 0.2) is 0 Å². The Kier molecular flexibility index (Phi) is 5.05. The van der Waals surface area contributed by atoms with Gasteiger partial charge in [-0.05, 0) is 43.1 Å². The van der Waals surface area contributed by atoms with Crippen LogP contribution in [-0.2, 0) is 19.3 Å². The minimum atomic E-state index is -0.443. The van der Waals surface area contributed by atoms with Crippen molar-refractivity contribution in [2.24, 2.45) is 0 Å². The number of aliphatic hydroxyl groups is 1. The molecule has 142 valence electrons. The number of benzene rings is 2. The number of aliphatic hydroxyl groups excluding tert-OH is 1. The van der Waals surface area contributed by atoms with Crippen molar-refractivity contribution < 1.29 is 14.6 Å². The Bertz CT molecular complexity index is 934. The molecule has 4 rings (SSSR count). The predicted octanol–water partition coefficient (Wildman–Crippen LogP) is 2.85. The summed E-state index contributed by atoms with van der Waals surface area (Å²) in [6.07, 6.45) is 3.84. The third kappa shape index (κ3) is 3.40. The summed E-state index contributed by atoms with van der Waals surface area (Å²) in [6, 6.07) is 12.2. The molecule has 1 aromatic heterocycles. The van der Waals surface area contributed by atoms with Gasteiger partial charge >= 0.3 is 0 Å². The van der Waals surface area contributed by atoms with Gasteiger partial charge in [0.25, 0.3) is 0 Å². The minimum absolute atomic E-state index is 0.00344. The van der Waals surface area contributed by atoms with Crippen LogP contribution in [0.3, 0.4) is 0 Å². The molecule has 0 spiro atoms. The summed E-state index contributed by atoms with van der Waals surface area (Å²) in [5, 5.41) is 15.5. The average molecular weight is 366 g/mol. The van der Waals surface area contributed by atoms with Crippen molar-refractivity contribution >= 4 is 10.9 Å². The molecule has 0 aliphatic heterocycles. The van der Waals surface area contributed by atoms with Crippen LogP contribution in [0.25, 0.3) is 10.9 Å². The van der Waals surface area contributed by atoms with E-state index >= 15 is 0 Å². The SMILES string of the molecule is COc1ccc(OC)c2c1C[C@@H](O)[C@H](NCCc1c[nH]c3ccccc13)C2. The van der Waals surface area contributed by atoms with E-state index in [1.54, 1.807) is 14.2 Å². The minimum Gasteiger partial charge on any atom is -0.496 e. The van der Waals surface area contributed by atoms with Gasteiger partial charge in [-0.1, -0.05) is 18.2 Å². The molecule has 1 aliphatic carbocycles. The Morgan fingerprint density at radius 3 is 2.48 bits per heavy atom. The van der Waals surface area contributed by atoms with Gasteiger partial charge in [0.05, 0.1) is 20.3 Å². The molecule has 1 heterocycles. The van der Waals surface area contributed by atoms with E-state index < -0.39 is 6.10 Å². The Morgan fingerprint density at radius 2 is 1.74 bits per heavy atom. The monoisotopic (exact) mass is 366 g/mol. The molecule has 5 nitrogen and oxygen atoms in total. The highest BCUT2D eigenvalue weighted by atomic mass is 16.5. The van der Waals surface area contributed by atoms with E-state index in [1.807, 2.05) is 18.2 Å². The van der Waals surface area contributed by atoms with Crippen molar-refractivity contribution in [3.8, 4) is 11.5 Å². The summed E-state index contributed by atoms with van der Waals surface area (Å²) >= 11 is 0. The number of fused-ring (bicyclic) bond motifs is 2. The lowest BCUT2D eigenvalue weighted by atomic mass is 9.85. The molecular formula is C22H26N2O3. The highest BCUT2D eigenvalue weighted by molar-refractivity contribution is 5.83. The summed E-state index contributed by atoms with van der Waals surface area (Å²) in [5.41, 5.74) is 4.64. The molecule has 0 bridgehead atoms. The van der Waals surface area contributed by atoms with Crippen molar-refractivity contribution in [1.82, 2.24) is 10.3 Å². The Hall–Kier alpha value is -2.50. The number of methoxy groups -OCH3 is 2. The van der Waals surface area contributed by atoms with Gasteiger partial charge in [0.1, 0.15) is 11.5 Å². The topological polar surface area (TPSA) is 66.5 Å². The second-order valence-corrected chi connectivity index (χ2v) is 7.07. The van der Waals surface area contributed by atoms with Crippen molar-refractivity contribution in [1.29, 1.82) is 0 Å². The first-order chi connectivity index (χ1) is 13.2. The number of para-hydroxylation sites is 1. The standard InChI is InChI=1S/C22H26N2O3/c1-26-21-7-8-22(27-2)17-12-20(25)19(11-16(17)21)23-10-9-14-13-24-18-6-4-3-5-15(14)18/h3-8,13,19-20,23-25H,9-12H2,1-2H3/t19-,20-/m1/s1. The van der Waals surface area contributed by atoms with Crippen LogP contribution in [-0.4, -0.2) is 43.0 Å². The molecule has 0 saturated heterocycles. The molecule has 1 aliphatic rings. The molecule has 2 aromatic carbocycles. The van der Waals surface area contributed by atoms with Crippen molar-refractivity contribution in [3.63, 3.8) is 0 Å². The molecule has 5 heteroatoms. The van der Waals surface area contributed by atoms with Gasteiger partial charge in [0.2, 0.25) is 0 Å². The molecule has 0 saturated carbocycles. The first-order valence-electron chi connectivity index (χ1n) is 9.40. The van der Waals surface area contributed by atoms with Crippen LogP contribution in [0.5, 0.6) is 11.5 Å². The zero-order valence-electron chi connectivity index (χ0n) is 15.8. The van der Waals surface area contributed by atoms with Crippen LogP contribution in [0.15, 0.2) is 42.6 Å². The van der Waals surface area contributed by atoms with Crippen LogP contribution >= 0.6 is 0 Å². The lowest BCUT2D eigenvalue weighted by Gasteiger charge is -2.32. The van der Waals surface area contributed by atoms with Crippen LogP contribution in [0.2, 0.25) is 0 Å². The van der Waals surface area contributed by atoms with E-state index in [-0.39, 0.29) is 6.04 Å². The highest BCUT2D eigenvalue weighted by Crippen LogP contribution is 2.36. The Balaban J connectivity index is 1.46. The number of rotatable bonds is 6. The van der Waals surface area contributed by atoms with Gasteiger partial charge in [-0.15, -0.1) is 0 Å². The van der Waals surface area contributed by atoms with Gasteiger partial charge in [-0.2, -0.15) is 0 Å². The fourth-order valence-electron chi connectivity index (χ4n) is 4.13. The predicted molar refractivity (Wildman–Crippen MR) is 107 cm³/mol. The van der Waals surface area contributed by atoms with Crippen molar-refractivity contribution in [3.05, 3.63) is 59.3 Å². The number of hydrogen-bond acceptors (Lipinski definition) is 4. The molecule has 3 aromatic rings. The summed E-state index contributed by atoms with van der Waals surface area (Å²) in [5.74, 6) is 1.68. The Labute approximate surface area is 159 Å². The van der Waals surface area contributed by atoms with E-state index in [0.29, 0.717) is 6.42 Å². The molecule has 0 unspecified atom stereocenters. The third-order valence-electron chi connectivity index (χ3n) is 5.56. The zero-order valence-corrected chi connectivity index (χ0v) is 15.8. The van der Waals surface area contributed by atoms with Crippen molar-refractivity contribution in [2.75, 3.05) is 20.8 Å². The number of aromatic amines is 1. The van der Waals surface area contributed by atoms with E-state index in [2.05, 4.69) is 34.7 Å². The van der Waals surface area contributed by atoms with Crippen LogP contribution in [0.4, 0.5) is 0 Å². The van der Waals surface area contributed by atoms with Gasteiger partial charge in [-0.3, -0.25) is 0 Å². The second-order valence-electron chi connectivity index (χ2n) is 7.07. The zero-order chi connectivity index (χ0) is 18.8. The summed E-state index contributed by atoms with van der Waals surface area (Å²) in [6.45, 7) is 0.811. The van der Waals surface area contributed by atoms with Crippen LogP contribution < -0.4 is 14.8 Å². The van der Waals surface area contributed by atoms with E-state index in [0.717, 1.165) is 47.5 Å². The first-order valence-corrected chi connectivity index (χ1v) is 9.40. The van der Waals surface area contributed by atoms with E-state index in [9.17, 15) is 5.11 Å². The number of ether oxygens (including phenoxy) is 2. The summed E-state index contributed by atoms with van der Waals surface area (Å²) in [4.78, 5) is 3.32. The lowest BCUT2D eigenvalue weighted by molar-refractivity contribution is 0.118. The molecule has 0 amide bonds. The smallest absolute Gasteiger partial charge is 0.122 e. The fraction of sp³-hybridized carbons (Fsp3) is 0.364. The number of H-pyrrole nitrogens is 1. The first kappa shape index (κ1) is 17.9. The molecule has 0 fully saturated rings. The number of aromatic nitrogens is 1. The van der Waals surface area contributed by atoms with Crippen LogP contribution in [0, 0.1) is 0 Å². The maximum Gasteiger partial charge on any atom is 0.122 e. The van der Waals surface area contributed by atoms with Gasteiger partial charge in [-0.25, -0.2) is 0 Å². The van der Waals surface area contributed by atoms with E-state index in [4.69, 9.17) is 9.47 Å². The maximum atomic E-state index is 10.7. The number of nitrogens with one attached hydrogen (secondary N) is 2. The second kappa shape index (κ2) is 7.62. The van der Waals surface area contributed by atoms with Crippen LogP contribution in [0.1, 0.15) is 16.7 Å². The normalized spacial score (nSPS) is 19.1. The van der Waals surface area contributed by atoms with Gasteiger partial charge in [0, 0.05) is 40.7 Å².